The lowest BCUT2D eigenvalue weighted by Gasteiger charge is -2.27. The van der Waals surface area contributed by atoms with Gasteiger partial charge in [-0.15, -0.1) is 0 Å². The van der Waals surface area contributed by atoms with Gasteiger partial charge in [-0.1, -0.05) is 0 Å². The molecule has 21 heavy (non-hydrogen) atoms. The second-order valence-corrected chi connectivity index (χ2v) is 5.74. The van der Waals surface area contributed by atoms with E-state index in [1.54, 1.807) is 0 Å². The van der Waals surface area contributed by atoms with Crippen molar-refractivity contribution in [3.8, 4) is 0 Å². The molecule has 1 aromatic rings. The first kappa shape index (κ1) is 14.1. The minimum absolute atomic E-state index is 0.0745. The summed E-state index contributed by atoms with van der Waals surface area (Å²) in [5.74, 6) is -0.227. The Morgan fingerprint density at radius 1 is 1.24 bits per heavy atom. The monoisotopic (exact) mass is 290 g/mol. The molecule has 3 rings (SSSR count). The fourth-order valence-electron chi connectivity index (χ4n) is 3.13. The molecule has 0 aromatic carbocycles. The first-order valence-electron chi connectivity index (χ1n) is 7.72. The van der Waals surface area contributed by atoms with Crippen LogP contribution in [0.4, 0.5) is 0 Å². The maximum atomic E-state index is 12.5. The topological polar surface area (TPSA) is 75.2 Å². The standard InChI is InChI=1S/C15H22N4O2/c20-14-12(3-1-7-17-14)18-15(21)13-4-2-10-19(13)11-5-8-16-9-6-11/h2,4,10-12,16H,1,3,5-9H2,(H,17,20)(H,18,21). The summed E-state index contributed by atoms with van der Waals surface area (Å²) in [6.45, 7) is 2.67. The molecular weight excluding hydrogens is 268 g/mol. The van der Waals surface area contributed by atoms with Crippen molar-refractivity contribution in [2.24, 2.45) is 0 Å². The van der Waals surface area contributed by atoms with Gasteiger partial charge in [-0.25, -0.2) is 0 Å². The molecule has 2 saturated heterocycles. The summed E-state index contributed by atoms with van der Waals surface area (Å²) in [4.78, 5) is 24.2. The van der Waals surface area contributed by atoms with E-state index >= 15 is 0 Å². The van der Waals surface area contributed by atoms with Crippen molar-refractivity contribution in [1.29, 1.82) is 0 Å². The number of piperidine rings is 2. The lowest BCUT2D eigenvalue weighted by molar-refractivity contribution is -0.124. The molecule has 114 valence electrons. The average molecular weight is 290 g/mol. The van der Waals surface area contributed by atoms with E-state index in [9.17, 15) is 9.59 Å². The summed E-state index contributed by atoms with van der Waals surface area (Å²) in [5, 5.41) is 8.99. The van der Waals surface area contributed by atoms with Crippen LogP contribution in [0.25, 0.3) is 0 Å². The second-order valence-electron chi connectivity index (χ2n) is 5.74. The van der Waals surface area contributed by atoms with Gasteiger partial charge in [0, 0.05) is 18.8 Å². The molecule has 6 heteroatoms. The Morgan fingerprint density at radius 3 is 2.81 bits per heavy atom. The van der Waals surface area contributed by atoms with E-state index in [1.807, 2.05) is 18.3 Å². The summed E-state index contributed by atoms with van der Waals surface area (Å²) in [7, 11) is 0. The third kappa shape index (κ3) is 3.10. The molecule has 2 amide bonds. The van der Waals surface area contributed by atoms with E-state index in [0.717, 1.165) is 32.4 Å². The van der Waals surface area contributed by atoms with Crippen LogP contribution in [0.2, 0.25) is 0 Å². The smallest absolute Gasteiger partial charge is 0.268 e. The van der Waals surface area contributed by atoms with Crippen LogP contribution in [-0.4, -0.2) is 42.1 Å². The molecule has 0 radical (unpaired) electrons. The molecule has 1 aromatic heterocycles. The maximum Gasteiger partial charge on any atom is 0.268 e. The molecule has 2 fully saturated rings. The Hall–Kier alpha value is -1.82. The number of amides is 2. The van der Waals surface area contributed by atoms with Gasteiger partial charge < -0.3 is 20.5 Å². The fraction of sp³-hybridized carbons (Fsp3) is 0.600. The lowest BCUT2D eigenvalue weighted by atomic mass is 10.1. The quantitative estimate of drug-likeness (QED) is 0.755. The third-order valence-electron chi connectivity index (χ3n) is 4.30. The van der Waals surface area contributed by atoms with Crippen molar-refractivity contribution in [2.75, 3.05) is 19.6 Å². The molecule has 1 atom stereocenters. The van der Waals surface area contributed by atoms with Gasteiger partial charge in [0.15, 0.2) is 0 Å². The fourth-order valence-corrected chi connectivity index (χ4v) is 3.13. The highest BCUT2D eigenvalue weighted by atomic mass is 16.2. The van der Waals surface area contributed by atoms with E-state index in [4.69, 9.17) is 0 Å². The normalized spacial score (nSPS) is 23.6. The second kappa shape index (κ2) is 6.30. The molecule has 0 saturated carbocycles. The van der Waals surface area contributed by atoms with Crippen molar-refractivity contribution < 1.29 is 9.59 Å². The maximum absolute atomic E-state index is 12.5. The third-order valence-corrected chi connectivity index (χ3v) is 4.30. The van der Waals surface area contributed by atoms with Gasteiger partial charge in [0.05, 0.1) is 0 Å². The van der Waals surface area contributed by atoms with Crippen LogP contribution in [0.1, 0.15) is 42.2 Å². The molecule has 3 heterocycles. The molecule has 3 N–H and O–H groups in total. The summed E-state index contributed by atoms with van der Waals surface area (Å²) in [6.07, 6.45) is 5.64. The SMILES string of the molecule is O=C(NC1CCCNC1=O)c1cccn1C1CCNCC1. The number of rotatable bonds is 3. The van der Waals surface area contributed by atoms with E-state index in [1.165, 1.54) is 0 Å². The zero-order chi connectivity index (χ0) is 14.7. The minimum atomic E-state index is -0.400. The first-order chi connectivity index (χ1) is 10.3. The number of hydrogen-bond acceptors (Lipinski definition) is 3. The number of hydrogen-bond donors (Lipinski definition) is 3. The van der Waals surface area contributed by atoms with Crippen LogP contribution < -0.4 is 16.0 Å². The first-order valence-corrected chi connectivity index (χ1v) is 7.72. The average Bonchev–Trinajstić information content (AvgIpc) is 3.00. The molecule has 0 bridgehead atoms. The molecule has 0 aliphatic carbocycles. The van der Waals surface area contributed by atoms with Gasteiger partial charge in [0.2, 0.25) is 5.91 Å². The molecular formula is C15H22N4O2. The van der Waals surface area contributed by atoms with Gasteiger partial charge in [0.25, 0.3) is 5.91 Å². The molecule has 6 nitrogen and oxygen atoms in total. The number of nitrogens with one attached hydrogen (secondary N) is 3. The Morgan fingerprint density at radius 2 is 2.05 bits per heavy atom. The Bertz CT molecular complexity index is 519. The van der Waals surface area contributed by atoms with Gasteiger partial charge >= 0.3 is 0 Å². The van der Waals surface area contributed by atoms with Gasteiger partial charge in [-0.2, -0.15) is 0 Å². The lowest BCUT2D eigenvalue weighted by Crippen LogP contribution is -2.50. The molecule has 0 spiro atoms. The largest absolute Gasteiger partial charge is 0.354 e. The van der Waals surface area contributed by atoms with Gasteiger partial charge in [0.1, 0.15) is 11.7 Å². The van der Waals surface area contributed by atoms with Crippen molar-refractivity contribution in [3.05, 3.63) is 24.0 Å². The molecule has 1 unspecified atom stereocenters. The highest BCUT2D eigenvalue weighted by Crippen LogP contribution is 2.21. The van der Waals surface area contributed by atoms with Crippen molar-refractivity contribution in [3.63, 3.8) is 0 Å². The van der Waals surface area contributed by atoms with E-state index in [-0.39, 0.29) is 11.8 Å². The Kier molecular flexibility index (Phi) is 4.24. The van der Waals surface area contributed by atoms with Gasteiger partial charge in [-0.05, 0) is 50.9 Å². The van der Waals surface area contributed by atoms with E-state index < -0.39 is 6.04 Å². The zero-order valence-corrected chi connectivity index (χ0v) is 12.1. The predicted molar refractivity (Wildman–Crippen MR) is 79.1 cm³/mol. The van der Waals surface area contributed by atoms with Gasteiger partial charge in [-0.3, -0.25) is 9.59 Å². The summed E-state index contributed by atoms with van der Waals surface area (Å²) < 4.78 is 2.05. The van der Waals surface area contributed by atoms with Crippen LogP contribution in [0.3, 0.4) is 0 Å². The molecule has 2 aliphatic heterocycles. The minimum Gasteiger partial charge on any atom is -0.354 e. The number of aromatic nitrogens is 1. The highest BCUT2D eigenvalue weighted by molar-refractivity contribution is 5.96. The molecule has 2 aliphatic rings. The van der Waals surface area contributed by atoms with E-state index in [2.05, 4.69) is 20.5 Å². The predicted octanol–water partition coefficient (Wildman–Crippen LogP) is 0.421. The van der Waals surface area contributed by atoms with Crippen LogP contribution in [-0.2, 0) is 4.79 Å². The van der Waals surface area contributed by atoms with Crippen molar-refractivity contribution in [1.82, 2.24) is 20.5 Å². The van der Waals surface area contributed by atoms with Crippen LogP contribution in [0.5, 0.6) is 0 Å². The number of carbonyl (C=O) groups excluding carboxylic acids is 2. The summed E-state index contributed by atoms with van der Waals surface area (Å²) >= 11 is 0. The zero-order valence-electron chi connectivity index (χ0n) is 12.1. The number of nitrogens with zero attached hydrogens (tertiary/aromatic N) is 1. The van der Waals surface area contributed by atoms with Crippen molar-refractivity contribution in [2.45, 2.75) is 37.8 Å². The van der Waals surface area contributed by atoms with Crippen LogP contribution in [0, 0.1) is 0 Å². The summed E-state index contributed by atoms with van der Waals surface area (Å²) in [5.41, 5.74) is 0.653. The van der Waals surface area contributed by atoms with Crippen LogP contribution in [0.15, 0.2) is 18.3 Å². The van der Waals surface area contributed by atoms with Crippen molar-refractivity contribution >= 4 is 11.8 Å². The van der Waals surface area contributed by atoms with Crippen LogP contribution >= 0.6 is 0 Å². The summed E-state index contributed by atoms with van der Waals surface area (Å²) in [6, 6.07) is 3.69. The Balaban J connectivity index is 1.69. The Labute approximate surface area is 124 Å². The highest BCUT2D eigenvalue weighted by Gasteiger charge is 2.26. The number of carbonyl (C=O) groups is 2. The van der Waals surface area contributed by atoms with E-state index in [0.29, 0.717) is 24.7 Å².